The second kappa shape index (κ2) is 7.88. The van der Waals surface area contributed by atoms with Gasteiger partial charge in [-0.3, -0.25) is 4.79 Å². The molecule has 0 spiro atoms. The van der Waals surface area contributed by atoms with E-state index in [1.54, 1.807) is 24.3 Å². The van der Waals surface area contributed by atoms with Gasteiger partial charge in [0, 0.05) is 12.5 Å². The molecule has 1 aliphatic carbocycles. The lowest BCUT2D eigenvalue weighted by Crippen LogP contribution is -2.43. The quantitative estimate of drug-likeness (QED) is 0.861. The molecule has 4 nitrogen and oxygen atoms in total. The zero-order valence-electron chi connectivity index (χ0n) is 13.5. The number of benzene rings is 1. The Morgan fingerprint density at radius 2 is 2.08 bits per heavy atom. The zero-order valence-corrected chi connectivity index (χ0v) is 13.5. The van der Waals surface area contributed by atoms with E-state index in [2.05, 4.69) is 5.32 Å². The maximum Gasteiger partial charge on any atom is 0.392 e. The van der Waals surface area contributed by atoms with Crippen LogP contribution in [0.15, 0.2) is 24.3 Å². The molecule has 24 heavy (non-hydrogen) atoms. The van der Waals surface area contributed by atoms with E-state index in [-0.39, 0.29) is 19.4 Å². The molecule has 0 unspecified atom stereocenters. The number of carbonyl (C=O) groups is 1. The van der Waals surface area contributed by atoms with Crippen LogP contribution in [0.2, 0.25) is 0 Å². The minimum Gasteiger partial charge on any atom is -0.497 e. The largest absolute Gasteiger partial charge is 0.497 e. The number of aliphatic hydroxyl groups is 1. The minimum atomic E-state index is -4.37. The lowest BCUT2D eigenvalue weighted by molar-refractivity contribution is -0.198. The third-order valence-electron chi connectivity index (χ3n) is 4.47. The maximum atomic E-state index is 13.1. The Labute approximate surface area is 139 Å². The Balaban J connectivity index is 1.96. The number of amides is 1. The van der Waals surface area contributed by atoms with Gasteiger partial charge in [0.1, 0.15) is 5.75 Å². The third-order valence-corrected chi connectivity index (χ3v) is 4.47. The van der Waals surface area contributed by atoms with Gasteiger partial charge in [-0.05, 0) is 30.5 Å². The predicted octanol–water partition coefficient (Wildman–Crippen LogP) is 3.21. The first-order valence-electron chi connectivity index (χ1n) is 7.99. The number of aliphatic hydroxyl groups excluding tert-OH is 1. The number of halogens is 3. The Kier molecular flexibility index (Phi) is 6.10. The van der Waals surface area contributed by atoms with Crippen molar-refractivity contribution in [2.24, 2.45) is 11.8 Å². The number of carbonyl (C=O) groups excluding carboxylic acids is 1. The number of hydrogen-bond donors (Lipinski definition) is 2. The molecule has 1 aliphatic rings. The van der Waals surface area contributed by atoms with E-state index in [0.717, 1.165) is 0 Å². The Morgan fingerprint density at radius 1 is 1.38 bits per heavy atom. The van der Waals surface area contributed by atoms with Crippen molar-refractivity contribution in [1.29, 1.82) is 0 Å². The molecule has 0 aliphatic heterocycles. The van der Waals surface area contributed by atoms with Crippen LogP contribution in [0.4, 0.5) is 13.2 Å². The van der Waals surface area contributed by atoms with Gasteiger partial charge >= 0.3 is 6.18 Å². The van der Waals surface area contributed by atoms with Gasteiger partial charge in [-0.25, -0.2) is 0 Å². The fourth-order valence-corrected chi connectivity index (χ4v) is 3.13. The summed E-state index contributed by atoms with van der Waals surface area (Å²) in [7, 11) is 1.49. The van der Waals surface area contributed by atoms with Gasteiger partial charge in [-0.2, -0.15) is 13.2 Å². The summed E-state index contributed by atoms with van der Waals surface area (Å²) in [6.45, 7) is -0.132. The topological polar surface area (TPSA) is 58.6 Å². The molecule has 1 aromatic carbocycles. The molecule has 0 radical (unpaired) electrons. The molecule has 0 saturated heterocycles. The highest BCUT2D eigenvalue weighted by Gasteiger charge is 2.47. The molecular formula is C17H22F3NO3. The monoisotopic (exact) mass is 345 g/mol. The van der Waals surface area contributed by atoms with Crippen molar-refractivity contribution in [3.63, 3.8) is 0 Å². The van der Waals surface area contributed by atoms with Crippen LogP contribution in [-0.4, -0.2) is 30.8 Å². The van der Waals surface area contributed by atoms with Gasteiger partial charge in [0.15, 0.2) is 0 Å². The highest BCUT2D eigenvalue weighted by molar-refractivity contribution is 5.79. The van der Waals surface area contributed by atoms with Crippen molar-refractivity contribution in [3.8, 4) is 5.75 Å². The summed E-state index contributed by atoms with van der Waals surface area (Å²) in [5, 5.41) is 12.6. The molecule has 0 heterocycles. The first-order valence-corrected chi connectivity index (χ1v) is 7.99. The van der Waals surface area contributed by atoms with Crippen LogP contribution in [0.5, 0.6) is 5.75 Å². The van der Waals surface area contributed by atoms with Crippen LogP contribution < -0.4 is 10.1 Å². The van der Waals surface area contributed by atoms with Gasteiger partial charge in [-0.15, -0.1) is 0 Å². The van der Waals surface area contributed by atoms with Crippen molar-refractivity contribution in [1.82, 2.24) is 5.32 Å². The van der Waals surface area contributed by atoms with Crippen LogP contribution in [0.3, 0.4) is 0 Å². The molecule has 2 rings (SSSR count). The molecule has 1 amide bonds. The van der Waals surface area contributed by atoms with Crippen molar-refractivity contribution in [2.45, 2.75) is 38.0 Å². The highest BCUT2D eigenvalue weighted by atomic mass is 19.4. The summed E-state index contributed by atoms with van der Waals surface area (Å²) in [4.78, 5) is 12.2. The van der Waals surface area contributed by atoms with Crippen molar-refractivity contribution < 1.29 is 27.8 Å². The lowest BCUT2D eigenvalue weighted by Gasteiger charge is -2.32. The Bertz CT molecular complexity index is 562. The molecule has 0 bridgehead atoms. The average molecular weight is 345 g/mol. The SMILES string of the molecule is COc1cccc([C@@H](O)CNC(=O)[C@H]2CCCC[C@@H]2C(F)(F)F)c1. The van der Waals surface area contributed by atoms with Crippen LogP contribution in [0.1, 0.15) is 37.4 Å². The lowest BCUT2D eigenvalue weighted by atomic mass is 9.78. The van der Waals surface area contributed by atoms with Gasteiger partial charge in [0.25, 0.3) is 0 Å². The van der Waals surface area contributed by atoms with E-state index in [1.165, 1.54) is 7.11 Å². The summed E-state index contributed by atoms with van der Waals surface area (Å²) < 4.78 is 44.2. The number of methoxy groups -OCH3 is 1. The summed E-state index contributed by atoms with van der Waals surface area (Å²) in [6, 6.07) is 6.69. The fourth-order valence-electron chi connectivity index (χ4n) is 3.13. The zero-order chi connectivity index (χ0) is 17.7. The number of alkyl halides is 3. The molecule has 1 fully saturated rings. The number of hydrogen-bond acceptors (Lipinski definition) is 3. The Morgan fingerprint density at radius 3 is 2.75 bits per heavy atom. The molecular weight excluding hydrogens is 323 g/mol. The standard InChI is InChI=1S/C17H22F3NO3/c1-24-12-6-4-5-11(9-12)15(22)10-21-16(23)13-7-2-3-8-14(13)17(18,19)20/h4-6,9,13-15,22H,2-3,7-8,10H2,1H3,(H,21,23)/t13-,14-,15-/m0/s1. The van der Waals surface area contributed by atoms with E-state index < -0.39 is 30.0 Å². The fraction of sp³-hybridized carbons (Fsp3) is 0.588. The van der Waals surface area contributed by atoms with Gasteiger partial charge < -0.3 is 15.2 Å². The second-order valence-corrected chi connectivity index (χ2v) is 6.08. The molecule has 7 heteroatoms. The average Bonchev–Trinajstić information content (AvgIpc) is 2.58. The molecule has 3 atom stereocenters. The van der Waals surface area contributed by atoms with E-state index in [1.807, 2.05) is 0 Å². The molecule has 1 aromatic rings. The number of rotatable bonds is 5. The minimum absolute atomic E-state index is 0.0139. The molecule has 2 N–H and O–H groups in total. The number of ether oxygens (including phenoxy) is 1. The van der Waals surface area contributed by atoms with Gasteiger partial charge in [-0.1, -0.05) is 25.0 Å². The summed E-state index contributed by atoms with van der Waals surface area (Å²) >= 11 is 0. The third kappa shape index (κ3) is 4.63. The van der Waals surface area contributed by atoms with Crippen LogP contribution in [0, 0.1) is 11.8 Å². The van der Waals surface area contributed by atoms with Crippen LogP contribution in [-0.2, 0) is 4.79 Å². The van der Waals surface area contributed by atoms with E-state index in [9.17, 15) is 23.1 Å². The van der Waals surface area contributed by atoms with E-state index in [4.69, 9.17) is 4.74 Å². The molecule has 134 valence electrons. The highest BCUT2D eigenvalue weighted by Crippen LogP contribution is 2.41. The predicted molar refractivity (Wildman–Crippen MR) is 82.5 cm³/mol. The van der Waals surface area contributed by atoms with Gasteiger partial charge in [0.2, 0.25) is 5.91 Å². The second-order valence-electron chi connectivity index (χ2n) is 6.08. The number of nitrogens with one attached hydrogen (secondary N) is 1. The van der Waals surface area contributed by atoms with Crippen molar-refractivity contribution in [2.75, 3.05) is 13.7 Å². The summed E-state index contributed by atoms with van der Waals surface area (Å²) in [5.41, 5.74) is 0.533. The van der Waals surface area contributed by atoms with Crippen molar-refractivity contribution >= 4 is 5.91 Å². The Hall–Kier alpha value is -1.76. The van der Waals surface area contributed by atoms with E-state index in [0.29, 0.717) is 24.2 Å². The normalized spacial score (nSPS) is 22.7. The maximum absolute atomic E-state index is 13.1. The van der Waals surface area contributed by atoms with Gasteiger partial charge in [0.05, 0.1) is 19.1 Å². The van der Waals surface area contributed by atoms with E-state index >= 15 is 0 Å². The summed E-state index contributed by atoms with van der Waals surface area (Å²) in [6.07, 6.45) is -4.06. The smallest absolute Gasteiger partial charge is 0.392 e. The summed E-state index contributed by atoms with van der Waals surface area (Å²) in [5.74, 6) is -2.75. The van der Waals surface area contributed by atoms with Crippen LogP contribution in [0.25, 0.3) is 0 Å². The molecule has 1 saturated carbocycles. The molecule has 0 aromatic heterocycles. The first-order chi connectivity index (χ1) is 11.3. The van der Waals surface area contributed by atoms with Crippen LogP contribution >= 0.6 is 0 Å². The first kappa shape index (κ1) is 18.6. The van der Waals surface area contributed by atoms with Crippen molar-refractivity contribution in [3.05, 3.63) is 29.8 Å².